The van der Waals surface area contributed by atoms with Gasteiger partial charge in [0.25, 0.3) is 0 Å². The van der Waals surface area contributed by atoms with E-state index < -0.39 is 0 Å². The minimum absolute atomic E-state index is 0.461. The van der Waals surface area contributed by atoms with Crippen molar-refractivity contribution in [2.75, 3.05) is 32.8 Å². The molecule has 0 aliphatic carbocycles. The molecule has 0 spiro atoms. The SMILES string of the molecule is Cc1cccc(OCC2CCCN(CC3CCCO3)C2)n1. The lowest BCUT2D eigenvalue weighted by Crippen LogP contribution is -2.41. The number of piperidine rings is 1. The average Bonchev–Trinajstić information content (AvgIpc) is 2.99. The summed E-state index contributed by atoms with van der Waals surface area (Å²) in [7, 11) is 0. The van der Waals surface area contributed by atoms with Crippen LogP contribution in [0.2, 0.25) is 0 Å². The van der Waals surface area contributed by atoms with Crippen molar-refractivity contribution in [3.63, 3.8) is 0 Å². The van der Waals surface area contributed by atoms with Crippen LogP contribution in [0.1, 0.15) is 31.4 Å². The lowest BCUT2D eigenvalue weighted by Gasteiger charge is -2.33. The van der Waals surface area contributed by atoms with E-state index in [2.05, 4.69) is 9.88 Å². The highest BCUT2D eigenvalue weighted by Gasteiger charge is 2.24. The number of rotatable bonds is 5. The summed E-state index contributed by atoms with van der Waals surface area (Å²) in [6, 6.07) is 5.94. The van der Waals surface area contributed by atoms with E-state index in [1.165, 1.54) is 32.2 Å². The number of ether oxygens (including phenoxy) is 2. The van der Waals surface area contributed by atoms with Gasteiger partial charge in [-0.25, -0.2) is 4.98 Å². The van der Waals surface area contributed by atoms with Gasteiger partial charge >= 0.3 is 0 Å². The molecule has 0 radical (unpaired) electrons. The molecule has 2 fully saturated rings. The molecular weight excluding hydrogens is 264 g/mol. The van der Waals surface area contributed by atoms with Crippen LogP contribution >= 0.6 is 0 Å². The van der Waals surface area contributed by atoms with Gasteiger partial charge in [-0.05, 0) is 45.2 Å². The van der Waals surface area contributed by atoms with Gasteiger partial charge in [-0.15, -0.1) is 0 Å². The van der Waals surface area contributed by atoms with Crippen LogP contribution in [0.3, 0.4) is 0 Å². The summed E-state index contributed by atoms with van der Waals surface area (Å²) in [4.78, 5) is 6.96. The zero-order chi connectivity index (χ0) is 14.5. The van der Waals surface area contributed by atoms with Crippen molar-refractivity contribution in [1.29, 1.82) is 0 Å². The summed E-state index contributed by atoms with van der Waals surface area (Å²) < 4.78 is 11.6. The fourth-order valence-corrected chi connectivity index (χ4v) is 3.33. The molecule has 1 aromatic heterocycles. The zero-order valence-electron chi connectivity index (χ0n) is 13.0. The molecule has 2 aliphatic heterocycles. The van der Waals surface area contributed by atoms with Crippen LogP contribution in [0.15, 0.2) is 18.2 Å². The van der Waals surface area contributed by atoms with E-state index in [9.17, 15) is 0 Å². The molecule has 4 nitrogen and oxygen atoms in total. The Hall–Kier alpha value is -1.13. The second kappa shape index (κ2) is 7.23. The largest absolute Gasteiger partial charge is 0.477 e. The van der Waals surface area contributed by atoms with E-state index in [1.54, 1.807) is 0 Å². The normalized spacial score (nSPS) is 26.9. The first-order chi connectivity index (χ1) is 10.3. The van der Waals surface area contributed by atoms with Crippen LogP contribution in [-0.4, -0.2) is 48.8 Å². The molecule has 3 rings (SSSR count). The molecule has 0 amide bonds. The highest BCUT2D eigenvalue weighted by molar-refractivity contribution is 5.14. The van der Waals surface area contributed by atoms with Crippen molar-refractivity contribution >= 4 is 0 Å². The molecule has 0 saturated carbocycles. The maximum absolute atomic E-state index is 5.88. The lowest BCUT2D eigenvalue weighted by atomic mass is 9.98. The lowest BCUT2D eigenvalue weighted by molar-refractivity contribution is 0.0492. The quantitative estimate of drug-likeness (QED) is 0.835. The van der Waals surface area contributed by atoms with Gasteiger partial charge in [-0.3, -0.25) is 0 Å². The summed E-state index contributed by atoms with van der Waals surface area (Å²) in [5, 5.41) is 0. The smallest absolute Gasteiger partial charge is 0.213 e. The average molecular weight is 290 g/mol. The van der Waals surface area contributed by atoms with E-state index in [0.29, 0.717) is 12.0 Å². The fourth-order valence-electron chi connectivity index (χ4n) is 3.33. The van der Waals surface area contributed by atoms with Crippen molar-refractivity contribution in [3.05, 3.63) is 23.9 Å². The van der Waals surface area contributed by atoms with E-state index in [0.717, 1.165) is 37.9 Å². The Balaban J connectivity index is 1.44. The van der Waals surface area contributed by atoms with E-state index in [-0.39, 0.29) is 0 Å². The monoisotopic (exact) mass is 290 g/mol. The van der Waals surface area contributed by atoms with Gasteiger partial charge in [0.1, 0.15) is 0 Å². The van der Waals surface area contributed by atoms with Gasteiger partial charge in [-0.2, -0.15) is 0 Å². The third-order valence-corrected chi connectivity index (χ3v) is 4.42. The minimum atomic E-state index is 0.461. The molecule has 3 heterocycles. The van der Waals surface area contributed by atoms with Crippen LogP contribution in [-0.2, 0) is 4.74 Å². The highest BCUT2D eigenvalue weighted by Crippen LogP contribution is 2.21. The van der Waals surface area contributed by atoms with Crippen molar-refractivity contribution < 1.29 is 9.47 Å². The van der Waals surface area contributed by atoms with Crippen molar-refractivity contribution in [2.45, 2.75) is 38.7 Å². The van der Waals surface area contributed by atoms with Gasteiger partial charge < -0.3 is 14.4 Å². The second-order valence-corrected chi connectivity index (χ2v) is 6.33. The predicted molar refractivity (Wildman–Crippen MR) is 82.6 cm³/mol. The highest BCUT2D eigenvalue weighted by atomic mass is 16.5. The Morgan fingerprint density at radius 1 is 1.33 bits per heavy atom. The first-order valence-electron chi connectivity index (χ1n) is 8.20. The first-order valence-corrected chi connectivity index (χ1v) is 8.20. The van der Waals surface area contributed by atoms with E-state index in [4.69, 9.17) is 9.47 Å². The first kappa shape index (κ1) is 14.8. The number of pyridine rings is 1. The standard InChI is InChI=1S/C17H26N2O2/c1-14-5-2-8-17(18-14)21-13-15-6-3-9-19(11-15)12-16-7-4-10-20-16/h2,5,8,15-16H,3-4,6-7,9-13H2,1H3. The molecule has 0 N–H and O–H groups in total. The summed E-state index contributed by atoms with van der Waals surface area (Å²) in [5.41, 5.74) is 1.01. The van der Waals surface area contributed by atoms with Crippen LogP contribution in [0.25, 0.3) is 0 Å². The Morgan fingerprint density at radius 2 is 2.29 bits per heavy atom. The number of hydrogen-bond donors (Lipinski definition) is 0. The van der Waals surface area contributed by atoms with Crippen molar-refractivity contribution in [3.8, 4) is 5.88 Å². The molecule has 1 aromatic rings. The fraction of sp³-hybridized carbons (Fsp3) is 0.706. The topological polar surface area (TPSA) is 34.6 Å². The number of aromatic nitrogens is 1. The minimum Gasteiger partial charge on any atom is -0.477 e. The summed E-state index contributed by atoms with van der Waals surface area (Å²) in [5.74, 6) is 1.37. The van der Waals surface area contributed by atoms with Crippen LogP contribution in [0.4, 0.5) is 0 Å². The van der Waals surface area contributed by atoms with Crippen LogP contribution in [0, 0.1) is 12.8 Å². The van der Waals surface area contributed by atoms with Gasteiger partial charge in [0.15, 0.2) is 0 Å². The Kier molecular flexibility index (Phi) is 5.09. The predicted octanol–water partition coefficient (Wildman–Crippen LogP) is 2.66. The maximum atomic E-state index is 5.88. The molecule has 116 valence electrons. The molecule has 2 unspecified atom stereocenters. The maximum Gasteiger partial charge on any atom is 0.213 e. The van der Waals surface area contributed by atoms with Gasteiger partial charge in [0, 0.05) is 37.4 Å². The Morgan fingerprint density at radius 3 is 3.10 bits per heavy atom. The summed E-state index contributed by atoms with van der Waals surface area (Å²) in [6.45, 7) is 7.16. The Bertz CT molecular complexity index is 446. The van der Waals surface area contributed by atoms with Gasteiger partial charge in [0.05, 0.1) is 12.7 Å². The van der Waals surface area contributed by atoms with Crippen LogP contribution in [0.5, 0.6) is 5.88 Å². The van der Waals surface area contributed by atoms with Gasteiger partial charge in [-0.1, -0.05) is 6.07 Å². The molecular formula is C17H26N2O2. The summed E-state index contributed by atoms with van der Waals surface area (Å²) >= 11 is 0. The molecule has 21 heavy (non-hydrogen) atoms. The molecule has 2 aliphatic rings. The number of aryl methyl sites for hydroxylation is 1. The third kappa shape index (κ3) is 4.42. The zero-order valence-corrected chi connectivity index (χ0v) is 13.0. The number of likely N-dealkylation sites (tertiary alicyclic amines) is 1. The van der Waals surface area contributed by atoms with Crippen LogP contribution < -0.4 is 4.74 Å². The van der Waals surface area contributed by atoms with Crippen molar-refractivity contribution in [2.24, 2.45) is 5.92 Å². The van der Waals surface area contributed by atoms with Gasteiger partial charge in [0.2, 0.25) is 5.88 Å². The number of nitrogens with zero attached hydrogens (tertiary/aromatic N) is 2. The molecule has 2 atom stereocenters. The Labute approximate surface area is 127 Å². The van der Waals surface area contributed by atoms with E-state index >= 15 is 0 Å². The molecule has 2 saturated heterocycles. The number of hydrogen-bond acceptors (Lipinski definition) is 4. The van der Waals surface area contributed by atoms with E-state index in [1.807, 2.05) is 25.1 Å². The second-order valence-electron chi connectivity index (χ2n) is 6.33. The molecule has 4 heteroatoms. The summed E-state index contributed by atoms with van der Waals surface area (Å²) in [6.07, 6.45) is 5.44. The van der Waals surface area contributed by atoms with Crippen molar-refractivity contribution in [1.82, 2.24) is 9.88 Å². The molecule has 0 bridgehead atoms. The third-order valence-electron chi connectivity index (χ3n) is 4.42. The molecule has 0 aromatic carbocycles.